The van der Waals surface area contributed by atoms with Crippen molar-refractivity contribution in [2.75, 3.05) is 19.8 Å². The molecule has 0 bridgehead atoms. The van der Waals surface area contributed by atoms with Gasteiger partial charge in [-0.2, -0.15) is 0 Å². The molecule has 52 valence electrons. The third-order valence-electron chi connectivity index (χ3n) is 1.34. The zero-order valence-corrected chi connectivity index (χ0v) is 5.52. The molecule has 1 aliphatic rings. The van der Waals surface area contributed by atoms with Gasteiger partial charge in [-0.3, -0.25) is 9.96 Å². The number of amides is 1. The molecule has 1 saturated heterocycles. The van der Waals surface area contributed by atoms with Gasteiger partial charge in [0, 0.05) is 11.6 Å². The minimum Gasteiger partial charge on any atom is -0.623 e. The van der Waals surface area contributed by atoms with Gasteiger partial charge in [-0.1, -0.05) is 0 Å². The van der Waals surface area contributed by atoms with Crippen molar-refractivity contribution in [2.24, 2.45) is 0 Å². The minimum atomic E-state index is -0.929. The molecule has 1 rings (SSSR count). The fraction of sp³-hybridized carbons (Fsp3) is 0.750. The maximum Gasteiger partial charge on any atom is 0.412 e. The Labute approximate surface area is 57.6 Å². The Balaban J connectivity index is 2.61. The molecule has 0 radical (unpaired) electrons. The Bertz CT molecular complexity index is 133. The number of hydrogen-bond acceptors (Lipinski definition) is 3. The van der Waals surface area contributed by atoms with E-state index in [2.05, 4.69) is 5.32 Å². The first-order valence-corrected chi connectivity index (χ1v) is 3.02. The van der Waals surface area contributed by atoms with Gasteiger partial charge in [0.25, 0.3) is 0 Å². The van der Waals surface area contributed by atoms with Gasteiger partial charge < -0.3 is 5.21 Å². The van der Waals surface area contributed by atoms with Crippen LogP contribution in [0, 0.1) is 5.21 Å². The summed E-state index contributed by atoms with van der Waals surface area (Å²) >= 11 is 5.01. The highest BCUT2D eigenvalue weighted by Crippen LogP contribution is 2.10. The Kier molecular flexibility index (Phi) is 1.72. The number of nitrogens with one attached hydrogen (secondary N) is 1. The molecular formula is C4H7ClN2O2. The van der Waals surface area contributed by atoms with Gasteiger partial charge in [-0.25, -0.2) is 4.79 Å². The van der Waals surface area contributed by atoms with E-state index in [9.17, 15) is 10.0 Å². The first-order valence-electron chi connectivity index (χ1n) is 2.64. The van der Waals surface area contributed by atoms with Crippen molar-refractivity contribution >= 4 is 17.0 Å². The number of carbonyl (C=O) groups excluding carboxylic acids is 1. The van der Waals surface area contributed by atoms with Crippen LogP contribution in [-0.2, 0) is 0 Å². The van der Waals surface area contributed by atoms with Crippen LogP contribution in [0.4, 0.5) is 4.79 Å². The summed E-state index contributed by atoms with van der Waals surface area (Å²) in [6.07, 6.45) is 0. The number of nitrogens with zero attached hydrogens (tertiary/aromatic N) is 1. The number of quaternary nitrogens is 1. The quantitative estimate of drug-likeness (QED) is 0.233. The molecule has 0 aromatic heterocycles. The largest absolute Gasteiger partial charge is 0.623 e. The second-order valence-corrected chi connectivity index (χ2v) is 2.35. The molecule has 0 aromatic rings. The summed E-state index contributed by atoms with van der Waals surface area (Å²) in [5.74, 6) is 0. The topological polar surface area (TPSA) is 52.2 Å². The predicted molar refractivity (Wildman–Crippen MR) is 32.6 cm³/mol. The van der Waals surface area contributed by atoms with Crippen molar-refractivity contribution < 1.29 is 9.44 Å². The molecule has 1 amide bonds. The Morgan fingerprint density at radius 1 is 1.78 bits per heavy atom. The highest BCUT2D eigenvalue weighted by molar-refractivity contribution is 6.60. The summed E-state index contributed by atoms with van der Waals surface area (Å²) in [5, 5.41) is 12.9. The molecule has 0 spiro atoms. The number of hydrogen-bond donors (Lipinski definition) is 1. The number of halogens is 1. The third kappa shape index (κ3) is 1.21. The lowest BCUT2D eigenvalue weighted by molar-refractivity contribution is -0.779. The second-order valence-electron chi connectivity index (χ2n) is 2.02. The van der Waals surface area contributed by atoms with Crippen LogP contribution in [0.5, 0.6) is 0 Å². The number of rotatable bonds is 0. The SMILES string of the molecule is O=C(Cl)[N+]1([O-])CCNC1. The molecule has 0 aliphatic carbocycles. The van der Waals surface area contributed by atoms with Crippen molar-refractivity contribution in [1.29, 1.82) is 0 Å². The van der Waals surface area contributed by atoms with Crippen molar-refractivity contribution in [3.05, 3.63) is 5.21 Å². The number of hydroxylamine groups is 3. The maximum atomic E-state index is 11.0. The summed E-state index contributed by atoms with van der Waals surface area (Å²) in [6, 6.07) is 0. The summed E-state index contributed by atoms with van der Waals surface area (Å²) in [6.45, 7) is 0.937. The molecule has 0 saturated carbocycles. The van der Waals surface area contributed by atoms with E-state index in [0.717, 1.165) is 0 Å². The monoisotopic (exact) mass is 150 g/mol. The molecule has 1 aliphatic heterocycles. The van der Waals surface area contributed by atoms with Crippen LogP contribution < -0.4 is 5.32 Å². The summed E-state index contributed by atoms with van der Waals surface area (Å²) in [5.41, 5.74) is 0. The van der Waals surface area contributed by atoms with Gasteiger partial charge in [-0.15, -0.1) is 0 Å². The van der Waals surface area contributed by atoms with Crippen molar-refractivity contribution in [1.82, 2.24) is 5.32 Å². The summed E-state index contributed by atoms with van der Waals surface area (Å²) in [4.78, 5) is 10.4. The maximum absolute atomic E-state index is 11.0. The van der Waals surface area contributed by atoms with Crippen LogP contribution in [0.2, 0.25) is 0 Å². The summed E-state index contributed by atoms with van der Waals surface area (Å²) < 4.78 is -0.929. The Hall–Kier alpha value is -0.160. The highest BCUT2D eigenvalue weighted by Gasteiger charge is 2.29. The predicted octanol–water partition coefficient (Wildman–Crippen LogP) is 0.220. The standard InChI is InChI=1S/C4H7ClN2O2/c5-4(8)7(9)2-1-6-3-7/h6H,1-3H2. The molecule has 5 heteroatoms. The van der Waals surface area contributed by atoms with Crippen molar-refractivity contribution in [3.8, 4) is 0 Å². The molecule has 4 nitrogen and oxygen atoms in total. The van der Waals surface area contributed by atoms with Gasteiger partial charge in [0.1, 0.15) is 13.2 Å². The normalized spacial score (nSPS) is 34.9. The first kappa shape index (κ1) is 6.95. The van der Waals surface area contributed by atoms with Crippen LogP contribution >= 0.6 is 11.6 Å². The van der Waals surface area contributed by atoms with E-state index in [4.69, 9.17) is 11.6 Å². The molecular weight excluding hydrogens is 144 g/mol. The fourth-order valence-electron chi connectivity index (χ4n) is 0.748. The van der Waals surface area contributed by atoms with Crippen LogP contribution in [0.1, 0.15) is 0 Å². The number of carbonyl (C=O) groups is 1. The molecule has 1 fully saturated rings. The molecule has 1 heterocycles. The van der Waals surface area contributed by atoms with E-state index >= 15 is 0 Å². The molecule has 1 N–H and O–H groups in total. The van der Waals surface area contributed by atoms with Gasteiger partial charge in [0.15, 0.2) is 0 Å². The zero-order valence-electron chi connectivity index (χ0n) is 4.76. The zero-order chi connectivity index (χ0) is 6.91. The van der Waals surface area contributed by atoms with E-state index in [1.165, 1.54) is 0 Å². The average molecular weight is 151 g/mol. The van der Waals surface area contributed by atoms with E-state index in [1.807, 2.05) is 0 Å². The van der Waals surface area contributed by atoms with Crippen LogP contribution in [0.15, 0.2) is 0 Å². The smallest absolute Gasteiger partial charge is 0.412 e. The fourth-order valence-corrected chi connectivity index (χ4v) is 0.893. The summed E-state index contributed by atoms with van der Waals surface area (Å²) in [7, 11) is 0. The Morgan fingerprint density at radius 2 is 2.44 bits per heavy atom. The molecule has 0 aromatic carbocycles. The van der Waals surface area contributed by atoms with Crippen molar-refractivity contribution in [3.63, 3.8) is 0 Å². The second kappa shape index (κ2) is 2.22. The van der Waals surface area contributed by atoms with E-state index in [0.29, 0.717) is 6.54 Å². The van der Waals surface area contributed by atoms with Gasteiger partial charge in [-0.05, 0) is 0 Å². The van der Waals surface area contributed by atoms with E-state index < -0.39 is 10.0 Å². The third-order valence-corrected chi connectivity index (χ3v) is 1.65. The average Bonchev–Trinajstić information content (AvgIpc) is 2.16. The van der Waals surface area contributed by atoms with E-state index in [-0.39, 0.29) is 13.2 Å². The molecule has 1 atom stereocenters. The Morgan fingerprint density at radius 3 is 2.67 bits per heavy atom. The highest BCUT2D eigenvalue weighted by atomic mass is 35.5. The molecule has 9 heavy (non-hydrogen) atoms. The van der Waals surface area contributed by atoms with Crippen LogP contribution in [0.25, 0.3) is 0 Å². The van der Waals surface area contributed by atoms with Crippen LogP contribution in [0.3, 0.4) is 0 Å². The minimum absolute atomic E-state index is 0.113. The van der Waals surface area contributed by atoms with Gasteiger partial charge in [0.2, 0.25) is 0 Å². The van der Waals surface area contributed by atoms with Gasteiger partial charge >= 0.3 is 5.37 Å². The lowest BCUT2D eigenvalue weighted by Gasteiger charge is -2.30. The van der Waals surface area contributed by atoms with E-state index in [1.54, 1.807) is 0 Å². The molecule has 1 unspecified atom stereocenters. The first-order chi connectivity index (χ1) is 4.15. The lowest BCUT2D eigenvalue weighted by atomic mass is 10.6. The van der Waals surface area contributed by atoms with Crippen LogP contribution in [-0.4, -0.2) is 29.8 Å². The van der Waals surface area contributed by atoms with Crippen molar-refractivity contribution in [2.45, 2.75) is 0 Å². The lowest BCUT2D eigenvalue weighted by Crippen LogP contribution is -2.42. The van der Waals surface area contributed by atoms with Gasteiger partial charge in [0.05, 0.1) is 6.54 Å².